The van der Waals surface area contributed by atoms with E-state index in [0.717, 1.165) is 19.3 Å². The fraction of sp³-hybridized carbons (Fsp3) is 0.471. The van der Waals surface area contributed by atoms with Gasteiger partial charge in [0, 0.05) is 25.2 Å². The van der Waals surface area contributed by atoms with E-state index in [1.807, 2.05) is 6.07 Å². The Morgan fingerprint density at radius 1 is 1.33 bits per heavy atom. The zero-order valence-electron chi connectivity index (χ0n) is 12.3. The highest BCUT2D eigenvalue weighted by molar-refractivity contribution is 5.81. The first-order valence-electron chi connectivity index (χ1n) is 7.60. The van der Waals surface area contributed by atoms with Gasteiger partial charge >= 0.3 is 0 Å². The van der Waals surface area contributed by atoms with Crippen molar-refractivity contribution in [1.29, 1.82) is 0 Å². The molecule has 1 aliphatic carbocycles. The number of hydrogen-bond acceptors (Lipinski definition) is 4. The zero-order chi connectivity index (χ0) is 14.7. The van der Waals surface area contributed by atoms with Gasteiger partial charge in [0.25, 0.3) is 0 Å². The molecule has 0 radical (unpaired) electrons. The third kappa shape index (κ3) is 3.57. The molecule has 4 heteroatoms. The minimum Gasteiger partial charge on any atom is -0.339 e. The van der Waals surface area contributed by atoms with Gasteiger partial charge in [0.1, 0.15) is 5.78 Å². The van der Waals surface area contributed by atoms with Crippen LogP contribution in [0.4, 0.5) is 0 Å². The Balaban J connectivity index is 1.64. The quantitative estimate of drug-likeness (QED) is 0.864. The van der Waals surface area contributed by atoms with E-state index < -0.39 is 0 Å². The van der Waals surface area contributed by atoms with E-state index in [1.165, 1.54) is 11.1 Å². The summed E-state index contributed by atoms with van der Waals surface area (Å²) in [5, 5.41) is 4.03. The number of nitrogens with zero attached hydrogens (tertiary/aromatic N) is 2. The lowest BCUT2D eigenvalue weighted by molar-refractivity contribution is -0.124. The molecule has 1 atom stereocenters. The van der Waals surface area contributed by atoms with Crippen molar-refractivity contribution in [2.24, 2.45) is 5.92 Å². The molecule has 1 fully saturated rings. The van der Waals surface area contributed by atoms with Crippen molar-refractivity contribution in [3.63, 3.8) is 0 Å². The molecule has 1 aromatic heterocycles. The van der Waals surface area contributed by atoms with Crippen molar-refractivity contribution < 1.29 is 9.32 Å². The molecule has 1 aliphatic rings. The first-order valence-corrected chi connectivity index (χ1v) is 7.60. The van der Waals surface area contributed by atoms with E-state index in [-0.39, 0.29) is 5.92 Å². The van der Waals surface area contributed by atoms with Crippen molar-refractivity contribution in [2.75, 3.05) is 0 Å². The van der Waals surface area contributed by atoms with Crippen LogP contribution in [0.15, 0.2) is 28.8 Å². The molecule has 0 amide bonds. The molecule has 0 N–H and O–H groups in total. The highest BCUT2D eigenvalue weighted by Crippen LogP contribution is 2.23. The fourth-order valence-corrected chi connectivity index (χ4v) is 2.93. The Bertz CT molecular complexity index is 633. The van der Waals surface area contributed by atoms with Crippen LogP contribution < -0.4 is 0 Å². The van der Waals surface area contributed by atoms with Gasteiger partial charge in [-0.3, -0.25) is 4.79 Å². The SMILES string of the molecule is Cc1cccc(Cc2noc(CC3CCCCC3=O)n2)c1. The number of hydrogen-bond donors (Lipinski definition) is 0. The smallest absolute Gasteiger partial charge is 0.227 e. The van der Waals surface area contributed by atoms with Crippen LogP contribution in [0.2, 0.25) is 0 Å². The lowest BCUT2D eigenvalue weighted by Gasteiger charge is -2.18. The Morgan fingerprint density at radius 3 is 3.05 bits per heavy atom. The number of rotatable bonds is 4. The monoisotopic (exact) mass is 284 g/mol. The van der Waals surface area contributed by atoms with Crippen LogP contribution in [0, 0.1) is 12.8 Å². The summed E-state index contributed by atoms with van der Waals surface area (Å²) in [7, 11) is 0. The number of aromatic nitrogens is 2. The second-order valence-corrected chi connectivity index (χ2v) is 5.88. The zero-order valence-corrected chi connectivity index (χ0v) is 12.3. The van der Waals surface area contributed by atoms with Crippen molar-refractivity contribution in [2.45, 2.75) is 45.4 Å². The van der Waals surface area contributed by atoms with Gasteiger partial charge < -0.3 is 4.52 Å². The minimum absolute atomic E-state index is 0.0750. The lowest BCUT2D eigenvalue weighted by Crippen LogP contribution is -2.21. The first kappa shape index (κ1) is 14.0. The molecule has 1 heterocycles. The summed E-state index contributed by atoms with van der Waals surface area (Å²) < 4.78 is 5.30. The summed E-state index contributed by atoms with van der Waals surface area (Å²) in [6.07, 6.45) is 5.07. The third-order valence-corrected chi connectivity index (χ3v) is 4.06. The predicted octanol–water partition coefficient (Wildman–Crippen LogP) is 3.27. The van der Waals surface area contributed by atoms with E-state index in [1.54, 1.807) is 0 Å². The van der Waals surface area contributed by atoms with Crippen LogP contribution in [-0.4, -0.2) is 15.9 Å². The Labute approximate surface area is 124 Å². The summed E-state index contributed by atoms with van der Waals surface area (Å²) in [4.78, 5) is 16.3. The Kier molecular flexibility index (Phi) is 4.13. The highest BCUT2D eigenvalue weighted by atomic mass is 16.5. The molecule has 0 bridgehead atoms. The fourth-order valence-electron chi connectivity index (χ4n) is 2.93. The summed E-state index contributed by atoms with van der Waals surface area (Å²) >= 11 is 0. The maximum absolute atomic E-state index is 11.8. The molecular formula is C17H20N2O2. The van der Waals surface area contributed by atoms with Crippen LogP contribution in [0.25, 0.3) is 0 Å². The van der Waals surface area contributed by atoms with E-state index in [2.05, 4.69) is 35.3 Å². The van der Waals surface area contributed by atoms with Crippen molar-refractivity contribution in [1.82, 2.24) is 10.1 Å². The van der Waals surface area contributed by atoms with Gasteiger partial charge in [-0.05, 0) is 25.3 Å². The number of benzene rings is 1. The van der Waals surface area contributed by atoms with Gasteiger partial charge in [0.15, 0.2) is 5.82 Å². The molecule has 3 rings (SSSR count). The summed E-state index contributed by atoms with van der Waals surface area (Å²) in [6.45, 7) is 2.07. The largest absolute Gasteiger partial charge is 0.339 e. The van der Waals surface area contributed by atoms with E-state index in [0.29, 0.717) is 36.8 Å². The predicted molar refractivity (Wildman–Crippen MR) is 79.0 cm³/mol. The summed E-state index contributed by atoms with van der Waals surface area (Å²) in [6, 6.07) is 8.29. The van der Waals surface area contributed by atoms with Gasteiger partial charge in [-0.1, -0.05) is 41.4 Å². The van der Waals surface area contributed by atoms with Crippen molar-refractivity contribution >= 4 is 5.78 Å². The molecule has 2 aromatic rings. The molecule has 0 saturated heterocycles. The van der Waals surface area contributed by atoms with Gasteiger partial charge in [-0.2, -0.15) is 4.98 Å². The molecule has 110 valence electrons. The summed E-state index contributed by atoms with van der Waals surface area (Å²) in [5.41, 5.74) is 2.40. The van der Waals surface area contributed by atoms with Crippen LogP contribution in [0.1, 0.15) is 48.5 Å². The van der Waals surface area contributed by atoms with Gasteiger partial charge in [0.2, 0.25) is 5.89 Å². The molecular weight excluding hydrogens is 264 g/mol. The van der Waals surface area contributed by atoms with Crippen LogP contribution in [-0.2, 0) is 17.6 Å². The number of carbonyl (C=O) groups is 1. The summed E-state index contributed by atoms with van der Waals surface area (Å²) in [5.74, 6) is 1.71. The Morgan fingerprint density at radius 2 is 2.24 bits per heavy atom. The van der Waals surface area contributed by atoms with E-state index >= 15 is 0 Å². The van der Waals surface area contributed by atoms with Gasteiger partial charge in [0.05, 0.1) is 0 Å². The molecule has 1 aromatic carbocycles. The van der Waals surface area contributed by atoms with Crippen LogP contribution in [0.5, 0.6) is 0 Å². The lowest BCUT2D eigenvalue weighted by atomic mass is 9.86. The number of carbonyl (C=O) groups excluding carboxylic acids is 1. The average molecular weight is 284 g/mol. The Hall–Kier alpha value is -1.97. The first-order chi connectivity index (χ1) is 10.2. The van der Waals surface area contributed by atoms with Crippen molar-refractivity contribution in [3.8, 4) is 0 Å². The van der Waals surface area contributed by atoms with Gasteiger partial charge in [-0.15, -0.1) is 0 Å². The average Bonchev–Trinajstić information content (AvgIpc) is 2.89. The number of Topliss-reactive ketones (excluding diaryl/α,β-unsaturated/α-hetero) is 1. The standard InChI is InChI=1S/C17H20N2O2/c1-12-5-4-6-13(9-12)10-16-18-17(21-19-16)11-14-7-2-3-8-15(14)20/h4-6,9,14H,2-3,7-8,10-11H2,1H3. The molecule has 1 unspecified atom stereocenters. The van der Waals surface area contributed by atoms with Crippen LogP contribution in [0.3, 0.4) is 0 Å². The molecule has 0 aliphatic heterocycles. The number of ketones is 1. The molecule has 1 saturated carbocycles. The molecule has 4 nitrogen and oxygen atoms in total. The molecule has 21 heavy (non-hydrogen) atoms. The second-order valence-electron chi connectivity index (χ2n) is 5.88. The maximum atomic E-state index is 11.8. The normalized spacial score (nSPS) is 18.9. The van der Waals surface area contributed by atoms with Crippen LogP contribution >= 0.6 is 0 Å². The highest BCUT2D eigenvalue weighted by Gasteiger charge is 2.24. The second kappa shape index (κ2) is 6.20. The third-order valence-electron chi connectivity index (χ3n) is 4.06. The topological polar surface area (TPSA) is 56.0 Å². The van der Waals surface area contributed by atoms with Gasteiger partial charge in [-0.25, -0.2) is 0 Å². The maximum Gasteiger partial charge on any atom is 0.227 e. The van der Waals surface area contributed by atoms with Crippen molar-refractivity contribution in [3.05, 3.63) is 47.1 Å². The molecule has 0 spiro atoms. The number of aryl methyl sites for hydroxylation is 1. The van der Waals surface area contributed by atoms with E-state index in [4.69, 9.17) is 4.52 Å². The minimum atomic E-state index is 0.0750. The van der Waals surface area contributed by atoms with E-state index in [9.17, 15) is 4.79 Å².